The molecule has 23 heavy (non-hydrogen) atoms. The molecule has 0 fully saturated rings. The molecule has 0 atom stereocenters. The zero-order chi connectivity index (χ0) is 16.7. The van der Waals surface area contributed by atoms with Gasteiger partial charge in [-0.05, 0) is 44.0 Å². The van der Waals surface area contributed by atoms with Gasteiger partial charge in [-0.25, -0.2) is 9.18 Å². The van der Waals surface area contributed by atoms with E-state index in [1.807, 2.05) is 0 Å². The highest BCUT2D eigenvalue weighted by Crippen LogP contribution is 2.20. The molecule has 0 amide bonds. The maximum Gasteiger partial charge on any atom is 0.358 e. The summed E-state index contributed by atoms with van der Waals surface area (Å²) in [5.74, 6) is -0.402. The van der Waals surface area contributed by atoms with Crippen LogP contribution in [0.15, 0.2) is 24.3 Å². The number of esters is 1. The zero-order valence-corrected chi connectivity index (χ0v) is 12.8. The Kier molecular flexibility index (Phi) is 6.10. The van der Waals surface area contributed by atoms with Gasteiger partial charge in [-0.15, -0.1) is 0 Å². The van der Waals surface area contributed by atoms with Crippen molar-refractivity contribution >= 4 is 5.97 Å². The number of nitrogens with zero attached hydrogens (tertiary/aromatic N) is 1. The summed E-state index contributed by atoms with van der Waals surface area (Å²) in [5.41, 5.74) is 1.47. The molecule has 0 aliphatic rings. The smallest absolute Gasteiger partial charge is 0.358 e. The molecule has 0 spiro atoms. The predicted octanol–water partition coefficient (Wildman–Crippen LogP) is 2.23. The molecule has 6 nitrogen and oxygen atoms in total. The van der Waals surface area contributed by atoms with Crippen molar-refractivity contribution in [2.45, 2.75) is 26.4 Å². The lowest BCUT2D eigenvalue weighted by Gasteiger charge is -2.09. The molecule has 0 aliphatic heterocycles. The van der Waals surface area contributed by atoms with Crippen LogP contribution in [0.25, 0.3) is 0 Å². The van der Waals surface area contributed by atoms with Crippen molar-refractivity contribution in [2.24, 2.45) is 0 Å². The number of halogens is 1. The Morgan fingerprint density at radius 1 is 1.39 bits per heavy atom. The Hall–Kier alpha value is -2.41. The molecule has 2 N–H and O–H groups in total. The lowest BCUT2D eigenvalue weighted by Crippen LogP contribution is -2.04. The minimum absolute atomic E-state index is 0.254. The van der Waals surface area contributed by atoms with E-state index in [-0.39, 0.29) is 12.3 Å². The molecule has 0 unspecified atom stereocenters. The van der Waals surface area contributed by atoms with E-state index in [0.29, 0.717) is 37.4 Å². The number of hydrogen-bond donors (Lipinski definition) is 2. The molecule has 1 aromatic carbocycles. The maximum absolute atomic E-state index is 13.1. The summed E-state index contributed by atoms with van der Waals surface area (Å²) < 4.78 is 23.5. The number of aliphatic hydroxyl groups excluding tert-OH is 1. The van der Waals surface area contributed by atoms with Crippen LogP contribution >= 0.6 is 0 Å². The van der Waals surface area contributed by atoms with Gasteiger partial charge in [0.15, 0.2) is 5.69 Å². The average molecular weight is 322 g/mol. The number of carbonyl (C=O) groups excluding carboxylic acids is 1. The first-order valence-electron chi connectivity index (χ1n) is 7.37. The number of ether oxygens (including phenoxy) is 2. The van der Waals surface area contributed by atoms with E-state index in [2.05, 4.69) is 10.2 Å². The van der Waals surface area contributed by atoms with Crippen molar-refractivity contribution in [1.82, 2.24) is 10.2 Å². The quantitative estimate of drug-likeness (QED) is 0.575. The van der Waals surface area contributed by atoms with Gasteiger partial charge in [0.2, 0.25) is 0 Å². The van der Waals surface area contributed by atoms with E-state index in [1.165, 1.54) is 18.2 Å². The Labute approximate surface area is 133 Å². The van der Waals surface area contributed by atoms with Gasteiger partial charge in [0.05, 0.1) is 19.8 Å². The summed E-state index contributed by atoms with van der Waals surface area (Å²) in [7, 11) is 0. The van der Waals surface area contributed by atoms with Gasteiger partial charge in [-0.1, -0.05) is 0 Å². The highest BCUT2D eigenvalue weighted by molar-refractivity contribution is 5.87. The van der Waals surface area contributed by atoms with Crippen molar-refractivity contribution in [3.63, 3.8) is 0 Å². The second-order valence-corrected chi connectivity index (χ2v) is 4.86. The number of benzene rings is 1. The SMILES string of the molecule is CCOC(=O)c1cc(CCCOc2ccc(F)cc2CO)[nH]n1. The van der Waals surface area contributed by atoms with Crippen LogP contribution < -0.4 is 4.74 Å². The van der Waals surface area contributed by atoms with Crippen LogP contribution in [0.1, 0.15) is 35.1 Å². The van der Waals surface area contributed by atoms with Gasteiger partial charge in [0, 0.05) is 11.3 Å². The van der Waals surface area contributed by atoms with E-state index >= 15 is 0 Å². The molecule has 7 heteroatoms. The molecular formula is C16H19FN2O4. The van der Waals surface area contributed by atoms with E-state index in [9.17, 15) is 14.3 Å². The summed E-state index contributed by atoms with van der Waals surface area (Å²) in [6.07, 6.45) is 1.31. The van der Waals surface area contributed by atoms with Crippen LogP contribution in [0.4, 0.5) is 4.39 Å². The van der Waals surface area contributed by atoms with Crippen LogP contribution in [0.5, 0.6) is 5.75 Å². The minimum atomic E-state index is -0.454. The minimum Gasteiger partial charge on any atom is -0.493 e. The third kappa shape index (κ3) is 4.79. The van der Waals surface area contributed by atoms with Crippen LogP contribution in [-0.2, 0) is 17.8 Å². The Balaban J connectivity index is 1.81. The van der Waals surface area contributed by atoms with Gasteiger partial charge < -0.3 is 14.6 Å². The number of rotatable bonds is 8. The Bertz CT molecular complexity index is 657. The number of nitrogens with one attached hydrogen (secondary N) is 1. The highest BCUT2D eigenvalue weighted by Gasteiger charge is 2.11. The first-order valence-corrected chi connectivity index (χ1v) is 7.37. The van der Waals surface area contributed by atoms with Gasteiger partial charge >= 0.3 is 5.97 Å². The molecule has 0 bridgehead atoms. The maximum atomic E-state index is 13.1. The van der Waals surface area contributed by atoms with Crippen LogP contribution in [0.2, 0.25) is 0 Å². The third-order valence-corrected chi connectivity index (χ3v) is 3.16. The fraction of sp³-hybridized carbons (Fsp3) is 0.375. The number of H-pyrrole nitrogens is 1. The third-order valence-electron chi connectivity index (χ3n) is 3.16. The highest BCUT2D eigenvalue weighted by atomic mass is 19.1. The molecule has 0 saturated heterocycles. The standard InChI is InChI=1S/C16H19FN2O4/c1-2-22-16(21)14-9-13(18-19-14)4-3-7-23-15-6-5-12(17)8-11(15)10-20/h5-6,8-9,20H,2-4,7,10H2,1H3,(H,18,19). The summed E-state index contributed by atoms with van der Waals surface area (Å²) in [5, 5.41) is 15.8. The van der Waals surface area contributed by atoms with Gasteiger partial charge in [0.25, 0.3) is 0 Å². The molecule has 124 valence electrons. The van der Waals surface area contributed by atoms with Crippen LogP contribution in [0.3, 0.4) is 0 Å². The van der Waals surface area contributed by atoms with Crippen molar-refractivity contribution in [1.29, 1.82) is 0 Å². The fourth-order valence-corrected chi connectivity index (χ4v) is 2.06. The van der Waals surface area contributed by atoms with E-state index in [0.717, 1.165) is 5.69 Å². The van der Waals surface area contributed by atoms with Gasteiger partial charge in [-0.3, -0.25) is 5.10 Å². The van der Waals surface area contributed by atoms with Crippen molar-refractivity contribution in [3.05, 3.63) is 47.0 Å². The molecule has 2 rings (SSSR count). The number of aliphatic hydroxyl groups is 1. The average Bonchev–Trinajstić information content (AvgIpc) is 3.02. The Morgan fingerprint density at radius 3 is 2.96 bits per heavy atom. The van der Waals surface area contributed by atoms with E-state index < -0.39 is 11.8 Å². The summed E-state index contributed by atoms with van der Waals surface area (Å²) in [6.45, 7) is 2.15. The number of hydrogen-bond acceptors (Lipinski definition) is 5. The summed E-state index contributed by atoms with van der Waals surface area (Å²) in [6, 6.07) is 5.68. The first-order chi connectivity index (χ1) is 11.1. The van der Waals surface area contributed by atoms with E-state index in [4.69, 9.17) is 9.47 Å². The number of carbonyl (C=O) groups is 1. The van der Waals surface area contributed by atoms with Gasteiger partial charge in [-0.2, -0.15) is 5.10 Å². The van der Waals surface area contributed by atoms with Crippen molar-refractivity contribution in [2.75, 3.05) is 13.2 Å². The van der Waals surface area contributed by atoms with Crippen molar-refractivity contribution < 1.29 is 23.8 Å². The monoisotopic (exact) mass is 322 g/mol. The zero-order valence-electron chi connectivity index (χ0n) is 12.8. The van der Waals surface area contributed by atoms with Crippen molar-refractivity contribution in [3.8, 4) is 5.75 Å². The first kappa shape index (κ1) is 17.0. The summed E-state index contributed by atoms with van der Waals surface area (Å²) >= 11 is 0. The Morgan fingerprint density at radius 2 is 2.22 bits per heavy atom. The molecule has 0 aliphatic carbocycles. The molecular weight excluding hydrogens is 303 g/mol. The molecule has 1 heterocycles. The van der Waals surface area contributed by atoms with Crippen LogP contribution in [-0.4, -0.2) is 34.5 Å². The molecule has 0 saturated carbocycles. The van der Waals surface area contributed by atoms with Gasteiger partial charge in [0.1, 0.15) is 11.6 Å². The normalized spacial score (nSPS) is 10.6. The summed E-state index contributed by atoms with van der Waals surface area (Å²) in [4.78, 5) is 11.5. The largest absolute Gasteiger partial charge is 0.493 e. The topological polar surface area (TPSA) is 84.4 Å². The molecule has 0 radical (unpaired) electrons. The number of aromatic amines is 1. The lowest BCUT2D eigenvalue weighted by molar-refractivity contribution is 0.0519. The second kappa shape index (κ2) is 8.28. The van der Waals surface area contributed by atoms with Crippen LogP contribution in [0, 0.1) is 5.82 Å². The predicted molar refractivity (Wildman–Crippen MR) is 80.7 cm³/mol. The molecule has 2 aromatic rings. The second-order valence-electron chi connectivity index (χ2n) is 4.86. The van der Waals surface area contributed by atoms with E-state index in [1.54, 1.807) is 13.0 Å². The number of aromatic nitrogens is 2. The lowest BCUT2D eigenvalue weighted by atomic mass is 10.2. The number of aryl methyl sites for hydroxylation is 1. The molecule has 1 aromatic heterocycles. The fourth-order valence-electron chi connectivity index (χ4n) is 2.06.